The molecule has 4 heteroatoms. The molecule has 1 atom stereocenters. The molecule has 0 aliphatic heterocycles. The Labute approximate surface area is 87.3 Å². The van der Waals surface area contributed by atoms with Gasteiger partial charge in [-0.05, 0) is 24.8 Å². The van der Waals surface area contributed by atoms with E-state index in [1.54, 1.807) is 6.07 Å². The van der Waals surface area contributed by atoms with E-state index in [1.165, 1.54) is 0 Å². The fraction of sp³-hybridized carbons (Fsp3) is 0.273. The number of carboxylic acid groups (broad SMARTS) is 1. The van der Waals surface area contributed by atoms with Crippen molar-refractivity contribution in [3.63, 3.8) is 0 Å². The number of H-pyrrole nitrogens is 1. The van der Waals surface area contributed by atoms with Crippen LogP contribution in [-0.2, 0) is 6.42 Å². The van der Waals surface area contributed by atoms with Crippen LogP contribution >= 0.6 is 0 Å². The van der Waals surface area contributed by atoms with Crippen LogP contribution in [0.15, 0.2) is 30.4 Å². The van der Waals surface area contributed by atoms with Crippen LogP contribution in [0.3, 0.4) is 0 Å². The summed E-state index contributed by atoms with van der Waals surface area (Å²) in [6.45, 7) is 0. The van der Waals surface area contributed by atoms with E-state index in [-0.39, 0.29) is 5.69 Å². The molecular formula is C11H12N2O2. The summed E-state index contributed by atoms with van der Waals surface area (Å²) in [6.07, 6.45) is 10.1. The molecule has 1 unspecified atom stereocenters. The van der Waals surface area contributed by atoms with Crippen molar-refractivity contribution in [2.24, 2.45) is 5.92 Å². The van der Waals surface area contributed by atoms with Crippen LogP contribution in [0.4, 0.5) is 0 Å². The molecule has 15 heavy (non-hydrogen) atoms. The SMILES string of the molecule is O=C(O)c1cc(CC2C=CC=CC2)[nH]n1. The normalized spacial score (nSPS) is 19.3. The number of aromatic amines is 1. The summed E-state index contributed by atoms with van der Waals surface area (Å²) >= 11 is 0. The highest BCUT2D eigenvalue weighted by Crippen LogP contribution is 2.16. The van der Waals surface area contributed by atoms with Gasteiger partial charge in [-0.1, -0.05) is 24.3 Å². The van der Waals surface area contributed by atoms with Gasteiger partial charge in [0, 0.05) is 5.69 Å². The number of aromatic carboxylic acids is 1. The van der Waals surface area contributed by atoms with Gasteiger partial charge in [0.1, 0.15) is 0 Å². The highest BCUT2D eigenvalue weighted by molar-refractivity contribution is 5.85. The second-order valence-electron chi connectivity index (χ2n) is 3.60. The Hall–Kier alpha value is -1.84. The highest BCUT2D eigenvalue weighted by Gasteiger charge is 2.11. The van der Waals surface area contributed by atoms with Crippen molar-refractivity contribution in [3.05, 3.63) is 41.8 Å². The molecule has 0 saturated heterocycles. The van der Waals surface area contributed by atoms with E-state index < -0.39 is 5.97 Å². The summed E-state index contributed by atoms with van der Waals surface area (Å²) in [5.41, 5.74) is 0.956. The summed E-state index contributed by atoms with van der Waals surface area (Å²) in [5, 5.41) is 15.2. The van der Waals surface area contributed by atoms with Gasteiger partial charge in [0.25, 0.3) is 0 Å². The van der Waals surface area contributed by atoms with Crippen molar-refractivity contribution in [2.75, 3.05) is 0 Å². The molecule has 0 bridgehead atoms. The molecule has 2 N–H and O–H groups in total. The molecule has 1 heterocycles. The van der Waals surface area contributed by atoms with Crippen molar-refractivity contribution in [1.29, 1.82) is 0 Å². The summed E-state index contributed by atoms with van der Waals surface area (Å²) in [4.78, 5) is 10.6. The van der Waals surface area contributed by atoms with Crippen molar-refractivity contribution in [1.82, 2.24) is 10.2 Å². The third-order valence-electron chi connectivity index (χ3n) is 2.40. The number of hydrogen-bond acceptors (Lipinski definition) is 2. The lowest BCUT2D eigenvalue weighted by Gasteiger charge is -2.10. The van der Waals surface area contributed by atoms with E-state index in [1.807, 2.05) is 12.2 Å². The monoisotopic (exact) mass is 204 g/mol. The van der Waals surface area contributed by atoms with E-state index >= 15 is 0 Å². The average molecular weight is 204 g/mol. The first-order valence-electron chi connectivity index (χ1n) is 4.86. The molecule has 2 rings (SSSR count). The average Bonchev–Trinajstić information content (AvgIpc) is 2.68. The van der Waals surface area contributed by atoms with Crippen LogP contribution in [0.1, 0.15) is 22.6 Å². The molecule has 1 aromatic rings. The van der Waals surface area contributed by atoms with Crippen molar-refractivity contribution < 1.29 is 9.90 Å². The molecule has 4 nitrogen and oxygen atoms in total. The van der Waals surface area contributed by atoms with Gasteiger partial charge in [-0.2, -0.15) is 5.10 Å². The number of allylic oxidation sites excluding steroid dienone is 4. The largest absolute Gasteiger partial charge is 0.476 e. The van der Waals surface area contributed by atoms with Gasteiger partial charge in [0.15, 0.2) is 5.69 Å². The summed E-state index contributed by atoms with van der Waals surface area (Å²) in [6, 6.07) is 1.59. The van der Waals surface area contributed by atoms with Crippen molar-refractivity contribution >= 4 is 5.97 Å². The number of rotatable bonds is 3. The zero-order valence-electron chi connectivity index (χ0n) is 8.18. The quantitative estimate of drug-likeness (QED) is 0.788. The van der Waals surface area contributed by atoms with E-state index in [0.717, 1.165) is 18.5 Å². The fourth-order valence-electron chi connectivity index (χ4n) is 1.64. The molecule has 0 saturated carbocycles. The summed E-state index contributed by atoms with van der Waals surface area (Å²) in [7, 11) is 0. The Morgan fingerprint density at radius 1 is 1.60 bits per heavy atom. The second-order valence-corrected chi connectivity index (χ2v) is 3.60. The molecule has 78 valence electrons. The maximum Gasteiger partial charge on any atom is 0.356 e. The molecule has 0 aromatic carbocycles. The van der Waals surface area contributed by atoms with Crippen LogP contribution in [0.25, 0.3) is 0 Å². The third-order valence-corrected chi connectivity index (χ3v) is 2.40. The molecule has 0 amide bonds. The van der Waals surface area contributed by atoms with Crippen LogP contribution in [0, 0.1) is 5.92 Å². The van der Waals surface area contributed by atoms with E-state index in [9.17, 15) is 4.79 Å². The van der Waals surface area contributed by atoms with Crippen molar-refractivity contribution in [3.8, 4) is 0 Å². The van der Waals surface area contributed by atoms with Gasteiger partial charge in [-0.15, -0.1) is 0 Å². The number of aromatic nitrogens is 2. The molecule has 0 fully saturated rings. The first-order valence-corrected chi connectivity index (χ1v) is 4.86. The van der Waals surface area contributed by atoms with E-state index in [4.69, 9.17) is 5.11 Å². The number of carboxylic acids is 1. The van der Waals surface area contributed by atoms with Gasteiger partial charge in [-0.3, -0.25) is 5.10 Å². The Morgan fingerprint density at radius 3 is 3.07 bits per heavy atom. The number of nitrogens with zero attached hydrogens (tertiary/aromatic N) is 1. The minimum Gasteiger partial charge on any atom is -0.476 e. The molecule has 1 aliphatic carbocycles. The first-order chi connectivity index (χ1) is 7.25. The van der Waals surface area contributed by atoms with Crippen LogP contribution in [0.2, 0.25) is 0 Å². The molecular weight excluding hydrogens is 192 g/mol. The highest BCUT2D eigenvalue weighted by atomic mass is 16.4. The lowest BCUT2D eigenvalue weighted by molar-refractivity contribution is 0.0690. The molecule has 1 aromatic heterocycles. The lowest BCUT2D eigenvalue weighted by atomic mass is 9.96. The van der Waals surface area contributed by atoms with E-state index in [0.29, 0.717) is 5.92 Å². The zero-order chi connectivity index (χ0) is 10.7. The molecule has 0 spiro atoms. The summed E-state index contributed by atoms with van der Waals surface area (Å²) in [5.74, 6) is -0.548. The maximum atomic E-state index is 10.6. The van der Waals surface area contributed by atoms with Crippen LogP contribution < -0.4 is 0 Å². The van der Waals surface area contributed by atoms with Gasteiger partial charge >= 0.3 is 5.97 Å². The maximum absolute atomic E-state index is 10.6. The lowest BCUT2D eigenvalue weighted by Crippen LogP contribution is -2.02. The van der Waals surface area contributed by atoms with Gasteiger partial charge in [-0.25, -0.2) is 4.79 Å². The molecule has 1 aliphatic rings. The van der Waals surface area contributed by atoms with Gasteiger partial charge in [0.2, 0.25) is 0 Å². The first kappa shape index (κ1) is 9.71. The fourth-order valence-corrected chi connectivity index (χ4v) is 1.64. The van der Waals surface area contributed by atoms with E-state index in [2.05, 4.69) is 22.3 Å². The molecule has 0 radical (unpaired) electrons. The second kappa shape index (κ2) is 4.13. The standard InChI is InChI=1S/C11H12N2O2/c14-11(15)10-7-9(12-13-10)6-8-4-2-1-3-5-8/h1-4,7-8H,5-6H2,(H,12,13)(H,14,15). The van der Waals surface area contributed by atoms with Gasteiger partial charge in [0.05, 0.1) is 0 Å². The summed E-state index contributed by atoms with van der Waals surface area (Å²) < 4.78 is 0. The topological polar surface area (TPSA) is 66.0 Å². The van der Waals surface area contributed by atoms with Crippen molar-refractivity contribution in [2.45, 2.75) is 12.8 Å². The third kappa shape index (κ3) is 2.34. The Kier molecular flexibility index (Phi) is 2.67. The number of hydrogen-bond donors (Lipinski definition) is 2. The van der Waals surface area contributed by atoms with Crippen LogP contribution in [-0.4, -0.2) is 21.3 Å². The predicted molar refractivity (Wildman–Crippen MR) is 55.6 cm³/mol. The Balaban J connectivity index is 2.01. The number of nitrogens with one attached hydrogen (secondary N) is 1. The minimum atomic E-state index is -0.989. The zero-order valence-corrected chi connectivity index (χ0v) is 8.18. The minimum absolute atomic E-state index is 0.0836. The van der Waals surface area contributed by atoms with Gasteiger partial charge < -0.3 is 5.11 Å². The Morgan fingerprint density at radius 2 is 2.47 bits per heavy atom. The predicted octanol–water partition coefficient (Wildman–Crippen LogP) is 1.78. The smallest absolute Gasteiger partial charge is 0.356 e. The Bertz CT molecular complexity index is 418. The number of carbonyl (C=O) groups is 1. The van der Waals surface area contributed by atoms with Crippen LogP contribution in [0.5, 0.6) is 0 Å².